The van der Waals surface area contributed by atoms with Gasteiger partial charge in [0.15, 0.2) is 11.5 Å². The smallest absolute Gasteiger partial charge is 0.292 e. The van der Waals surface area contributed by atoms with Crippen LogP contribution in [0.3, 0.4) is 0 Å². The number of carbonyl (C=O) groups is 1. The van der Waals surface area contributed by atoms with Gasteiger partial charge >= 0.3 is 0 Å². The lowest BCUT2D eigenvalue weighted by Gasteiger charge is -2.08. The van der Waals surface area contributed by atoms with E-state index < -0.39 is 4.92 Å². The Balaban J connectivity index is 1.34. The highest BCUT2D eigenvalue weighted by molar-refractivity contribution is 5.93. The molecule has 1 heterocycles. The quantitative estimate of drug-likeness (QED) is 0.482. The van der Waals surface area contributed by atoms with Gasteiger partial charge in [-0.25, -0.2) is 4.98 Å². The first-order chi connectivity index (χ1) is 13.1. The Morgan fingerprint density at radius 1 is 1.26 bits per heavy atom. The standard InChI is InChI=1S/C19H18N4O4/c24-18(9-10-20-14-3-1-2-4-16(14)23(25)26)21-13-7-8-17-15(11-13)22-19(27-17)12-5-6-12/h1-4,7-8,11-12,20H,5-6,9-10H2,(H,21,24). The van der Waals surface area contributed by atoms with Gasteiger partial charge in [-0.1, -0.05) is 12.1 Å². The Morgan fingerprint density at radius 2 is 2.07 bits per heavy atom. The van der Waals surface area contributed by atoms with Crippen LogP contribution in [0.15, 0.2) is 46.9 Å². The number of nitrogens with one attached hydrogen (secondary N) is 2. The number of nitro benzene ring substituents is 1. The van der Waals surface area contributed by atoms with Crippen LogP contribution in [0.2, 0.25) is 0 Å². The van der Waals surface area contributed by atoms with Crippen molar-refractivity contribution in [2.75, 3.05) is 17.2 Å². The molecule has 0 atom stereocenters. The van der Waals surface area contributed by atoms with Crippen LogP contribution in [-0.4, -0.2) is 22.4 Å². The lowest BCUT2D eigenvalue weighted by atomic mass is 10.2. The molecule has 0 unspecified atom stereocenters. The Morgan fingerprint density at radius 3 is 2.85 bits per heavy atom. The van der Waals surface area contributed by atoms with Crippen LogP contribution in [0.1, 0.15) is 31.1 Å². The number of hydrogen-bond acceptors (Lipinski definition) is 6. The second-order valence-electron chi connectivity index (χ2n) is 6.51. The first kappa shape index (κ1) is 17.0. The molecule has 1 saturated carbocycles. The highest BCUT2D eigenvalue weighted by Gasteiger charge is 2.28. The van der Waals surface area contributed by atoms with Crippen molar-refractivity contribution >= 4 is 34.1 Å². The molecule has 0 radical (unpaired) electrons. The van der Waals surface area contributed by atoms with Crippen molar-refractivity contribution < 1.29 is 14.1 Å². The Bertz CT molecular complexity index is 1010. The number of benzene rings is 2. The van der Waals surface area contributed by atoms with Crippen molar-refractivity contribution in [3.05, 3.63) is 58.5 Å². The van der Waals surface area contributed by atoms with E-state index in [0.29, 0.717) is 22.9 Å². The maximum atomic E-state index is 12.2. The Labute approximate surface area is 154 Å². The van der Waals surface area contributed by atoms with Crippen LogP contribution in [0.25, 0.3) is 11.1 Å². The van der Waals surface area contributed by atoms with Gasteiger partial charge in [0.25, 0.3) is 5.69 Å². The molecule has 2 aromatic carbocycles. The SMILES string of the molecule is O=C(CCNc1ccccc1[N+](=O)[O-])Nc1ccc2oc(C3CC3)nc2c1. The van der Waals surface area contributed by atoms with E-state index in [2.05, 4.69) is 15.6 Å². The van der Waals surface area contributed by atoms with Crippen LogP contribution >= 0.6 is 0 Å². The van der Waals surface area contributed by atoms with E-state index in [4.69, 9.17) is 4.42 Å². The minimum atomic E-state index is -0.453. The number of aromatic nitrogens is 1. The van der Waals surface area contributed by atoms with E-state index in [1.165, 1.54) is 6.07 Å². The van der Waals surface area contributed by atoms with Crippen molar-refractivity contribution in [3.63, 3.8) is 0 Å². The van der Waals surface area contributed by atoms with E-state index >= 15 is 0 Å². The lowest BCUT2D eigenvalue weighted by molar-refractivity contribution is -0.384. The third-order valence-corrected chi connectivity index (χ3v) is 4.38. The summed E-state index contributed by atoms with van der Waals surface area (Å²) in [7, 11) is 0. The van der Waals surface area contributed by atoms with Crippen molar-refractivity contribution in [1.29, 1.82) is 0 Å². The van der Waals surface area contributed by atoms with Crippen LogP contribution in [-0.2, 0) is 4.79 Å². The summed E-state index contributed by atoms with van der Waals surface area (Å²) in [6.45, 7) is 0.286. The summed E-state index contributed by atoms with van der Waals surface area (Å²) < 4.78 is 5.71. The van der Waals surface area contributed by atoms with E-state index in [9.17, 15) is 14.9 Å². The van der Waals surface area contributed by atoms with E-state index in [1.54, 1.807) is 36.4 Å². The Hall–Kier alpha value is -3.42. The molecule has 1 aromatic heterocycles. The number of anilines is 2. The van der Waals surface area contributed by atoms with Crippen molar-refractivity contribution in [2.24, 2.45) is 0 Å². The van der Waals surface area contributed by atoms with Gasteiger partial charge in [-0.15, -0.1) is 0 Å². The fourth-order valence-corrected chi connectivity index (χ4v) is 2.84. The molecule has 1 amide bonds. The van der Waals surface area contributed by atoms with Gasteiger partial charge in [0.1, 0.15) is 11.2 Å². The number of oxazole rings is 1. The summed E-state index contributed by atoms with van der Waals surface area (Å²) in [5, 5.41) is 16.7. The second kappa shape index (κ2) is 7.06. The second-order valence-corrected chi connectivity index (χ2v) is 6.51. The number of nitro groups is 1. The third-order valence-electron chi connectivity index (χ3n) is 4.38. The summed E-state index contributed by atoms with van der Waals surface area (Å²) in [6.07, 6.45) is 2.40. The fourth-order valence-electron chi connectivity index (χ4n) is 2.84. The Kier molecular flexibility index (Phi) is 4.45. The number of hydrogen-bond donors (Lipinski definition) is 2. The molecular formula is C19H18N4O4. The van der Waals surface area contributed by atoms with Gasteiger partial charge in [0, 0.05) is 30.6 Å². The largest absolute Gasteiger partial charge is 0.440 e. The van der Waals surface area contributed by atoms with Gasteiger partial charge in [-0.2, -0.15) is 0 Å². The van der Waals surface area contributed by atoms with Crippen LogP contribution in [0.5, 0.6) is 0 Å². The molecule has 8 heteroatoms. The van der Waals surface area contributed by atoms with Crippen LogP contribution < -0.4 is 10.6 Å². The zero-order valence-electron chi connectivity index (χ0n) is 14.5. The zero-order chi connectivity index (χ0) is 18.8. The molecular weight excluding hydrogens is 348 g/mol. The molecule has 0 aliphatic heterocycles. The predicted octanol–water partition coefficient (Wildman–Crippen LogP) is 4.05. The predicted molar refractivity (Wildman–Crippen MR) is 101 cm³/mol. The summed E-state index contributed by atoms with van der Waals surface area (Å²) in [6, 6.07) is 11.7. The molecule has 0 spiro atoms. The molecule has 3 aromatic rings. The van der Waals surface area contributed by atoms with Crippen LogP contribution in [0.4, 0.5) is 17.1 Å². The average molecular weight is 366 g/mol. The highest BCUT2D eigenvalue weighted by atomic mass is 16.6. The number of nitrogens with zero attached hydrogens (tertiary/aromatic N) is 2. The molecule has 8 nitrogen and oxygen atoms in total. The lowest BCUT2D eigenvalue weighted by Crippen LogP contribution is -2.16. The molecule has 0 saturated heterocycles. The number of fused-ring (bicyclic) bond motifs is 1. The zero-order valence-corrected chi connectivity index (χ0v) is 14.5. The average Bonchev–Trinajstić information content (AvgIpc) is 3.41. The molecule has 2 N–H and O–H groups in total. The molecule has 27 heavy (non-hydrogen) atoms. The van der Waals surface area contributed by atoms with Gasteiger partial charge in [-0.05, 0) is 37.1 Å². The summed E-state index contributed by atoms with van der Waals surface area (Å²) in [5.41, 5.74) is 2.47. The third kappa shape index (κ3) is 3.89. The summed E-state index contributed by atoms with van der Waals surface area (Å²) in [4.78, 5) is 27.2. The number of carbonyl (C=O) groups excluding carboxylic acids is 1. The fraction of sp³-hybridized carbons (Fsp3) is 0.263. The van der Waals surface area contributed by atoms with Crippen molar-refractivity contribution in [3.8, 4) is 0 Å². The normalized spacial score (nSPS) is 13.5. The monoisotopic (exact) mass is 366 g/mol. The molecule has 138 valence electrons. The van der Waals surface area contributed by atoms with Gasteiger partial charge in [-0.3, -0.25) is 14.9 Å². The van der Waals surface area contributed by atoms with Crippen molar-refractivity contribution in [2.45, 2.75) is 25.2 Å². The molecule has 0 bridgehead atoms. The summed E-state index contributed by atoms with van der Waals surface area (Å²) >= 11 is 0. The van der Waals surface area contributed by atoms with Gasteiger partial charge < -0.3 is 15.1 Å². The first-order valence-corrected chi connectivity index (χ1v) is 8.78. The van der Waals surface area contributed by atoms with E-state index in [0.717, 1.165) is 24.2 Å². The minimum absolute atomic E-state index is 0.0131. The topological polar surface area (TPSA) is 110 Å². The molecule has 1 fully saturated rings. The molecule has 1 aliphatic rings. The number of amides is 1. The molecule has 4 rings (SSSR count). The van der Waals surface area contributed by atoms with E-state index in [-0.39, 0.29) is 24.6 Å². The molecule has 1 aliphatic carbocycles. The van der Waals surface area contributed by atoms with Crippen molar-refractivity contribution in [1.82, 2.24) is 4.98 Å². The first-order valence-electron chi connectivity index (χ1n) is 8.78. The number of para-hydroxylation sites is 2. The highest BCUT2D eigenvalue weighted by Crippen LogP contribution is 2.40. The van der Waals surface area contributed by atoms with E-state index in [1.807, 2.05) is 0 Å². The van der Waals surface area contributed by atoms with Gasteiger partial charge in [0.2, 0.25) is 5.91 Å². The number of rotatable bonds is 7. The maximum absolute atomic E-state index is 12.2. The summed E-state index contributed by atoms with van der Waals surface area (Å²) in [5.74, 6) is 1.01. The van der Waals surface area contributed by atoms with Crippen LogP contribution in [0, 0.1) is 10.1 Å². The minimum Gasteiger partial charge on any atom is -0.440 e. The maximum Gasteiger partial charge on any atom is 0.292 e. The van der Waals surface area contributed by atoms with Gasteiger partial charge in [0.05, 0.1) is 4.92 Å².